The molecule has 0 aliphatic heterocycles. The van der Waals surface area contributed by atoms with Crippen LogP contribution in [-0.2, 0) is 0 Å². The number of nitrogens with two attached hydrogens (primary N) is 1. The van der Waals surface area contributed by atoms with Gasteiger partial charge in [0.2, 0.25) is 5.13 Å². The third-order valence-electron chi connectivity index (χ3n) is 2.15. The molecule has 0 fully saturated rings. The average molecular weight is 251 g/mol. The first-order valence-corrected chi connectivity index (χ1v) is 5.96. The zero-order valence-electron chi connectivity index (χ0n) is 9.64. The van der Waals surface area contributed by atoms with E-state index in [1.165, 1.54) is 11.3 Å². The Morgan fingerprint density at radius 3 is 2.71 bits per heavy atom. The molecule has 1 aromatic carbocycles. The highest BCUT2D eigenvalue weighted by atomic mass is 32.1. The Labute approximate surface area is 103 Å². The van der Waals surface area contributed by atoms with E-state index in [2.05, 4.69) is 10.2 Å². The molecule has 0 saturated heterocycles. The molecule has 0 saturated carbocycles. The average Bonchev–Trinajstić information content (AvgIpc) is 2.77. The minimum atomic E-state index is 0.452. The lowest BCUT2D eigenvalue weighted by molar-refractivity contribution is 0.311. The maximum Gasteiger partial charge on any atom is 0.203 e. The maximum absolute atomic E-state index is 5.55. The van der Waals surface area contributed by atoms with E-state index in [0.717, 1.165) is 16.3 Å². The van der Waals surface area contributed by atoms with Crippen LogP contribution in [0, 0.1) is 0 Å². The molecule has 0 aliphatic rings. The fourth-order valence-electron chi connectivity index (χ4n) is 1.43. The predicted molar refractivity (Wildman–Crippen MR) is 67.5 cm³/mol. The van der Waals surface area contributed by atoms with Gasteiger partial charge in [-0.2, -0.15) is 0 Å². The molecule has 2 aromatic rings. The van der Waals surface area contributed by atoms with Gasteiger partial charge in [0.05, 0.1) is 13.7 Å². The summed E-state index contributed by atoms with van der Waals surface area (Å²) < 4.78 is 10.7. The summed E-state index contributed by atoms with van der Waals surface area (Å²) in [6, 6.07) is 5.63. The monoisotopic (exact) mass is 251 g/mol. The number of hydrogen-bond acceptors (Lipinski definition) is 6. The molecule has 2 rings (SSSR count). The standard InChI is InChI=1S/C11H13N3O2S/c1-3-16-8-5-4-7(6-9(8)15-2)10-13-14-11(12)17-10/h4-6H,3H2,1-2H3,(H2,12,14). The second-order valence-corrected chi connectivity index (χ2v) is 4.25. The van der Waals surface area contributed by atoms with Crippen LogP contribution in [0.4, 0.5) is 5.13 Å². The van der Waals surface area contributed by atoms with Crippen LogP contribution in [0.1, 0.15) is 6.92 Å². The summed E-state index contributed by atoms with van der Waals surface area (Å²) in [5.74, 6) is 1.40. The van der Waals surface area contributed by atoms with Crippen molar-refractivity contribution in [1.29, 1.82) is 0 Å². The van der Waals surface area contributed by atoms with Crippen molar-refractivity contribution in [3.63, 3.8) is 0 Å². The highest BCUT2D eigenvalue weighted by molar-refractivity contribution is 7.18. The number of aromatic nitrogens is 2. The van der Waals surface area contributed by atoms with Crippen LogP contribution < -0.4 is 15.2 Å². The quantitative estimate of drug-likeness (QED) is 0.902. The van der Waals surface area contributed by atoms with E-state index in [4.69, 9.17) is 15.2 Å². The fraction of sp³-hybridized carbons (Fsp3) is 0.273. The van der Waals surface area contributed by atoms with Crippen molar-refractivity contribution in [1.82, 2.24) is 10.2 Å². The number of ether oxygens (including phenoxy) is 2. The Morgan fingerprint density at radius 2 is 2.12 bits per heavy atom. The minimum Gasteiger partial charge on any atom is -0.493 e. The molecule has 1 aromatic heterocycles. The summed E-state index contributed by atoms with van der Waals surface area (Å²) in [6.45, 7) is 2.53. The van der Waals surface area contributed by atoms with Gasteiger partial charge in [0, 0.05) is 5.56 Å². The first-order chi connectivity index (χ1) is 8.24. The molecule has 0 bridgehead atoms. The summed E-state index contributed by atoms with van der Waals surface area (Å²) in [5, 5.41) is 8.98. The topological polar surface area (TPSA) is 70.3 Å². The summed E-state index contributed by atoms with van der Waals surface area (Å²) in [4.78, 5) is 0. The molecule has 0 aliphatic carbocycles. The summed E-state index contributed by atoms with van der Waals surface area (Å²) >= 11 is 1.34. The van der Waals surface area contributed by atoms with E-state index < -0.39 is 0 Å². The van der Waals surface area contributed by atoms with Crippen molar-refractivity contribution in [2.75, 3.05) is 19.5 Å². The summed E-state index contributed by atoms with van der Waals surface area (Å²) in [5.41, 5.74) is 6.47. The van der Waals surface area contributed by atoms with E-state index in [1.54, 1.807) is 7.11 Å². The Balaban J connectivity index is 2.37. The lowest BCUT2D eigenvalue weighted by Crippen LogP contribution is -1.95. The third-order valence-corrected chi connectivity index (χ3v) is 2.95. The van der Waals surface area contributed by atoms with Crippen LogP contribution in [0.15, 0.2) is 18.2 Å². The van der Waals surface area contributed by atoms with Crippen molar-refractivity contribution in [2.24, 2.45) is 0 Å². The van der Waals surface area contributed by atoms with E-state index in [1.807, 2.05) is 25.1 Å². The minimum absolute atomic E-state index is 0.452. The van der Waals surface area contributed by atoms with Crippen molar-refractivity contribution >= 4 is 16.5 Å². The van der Waals surface area contributed by atoms with Crippen LogP contribution in [0.25, 0.3) is 10.6 Å². The normalized spacial score (nSPS) is 10.2. The molecule has 6 heteroatoms. The molecule has 2 N–H and O–H groups in total. The highest BCUT2D eigenvalue weighted by Gasteiger charge is 2.09. The van der Waals surface area contributed by atoms with Crippen molar-refractivity contribution in [3.8, 4) is 22.1 Å². The van der Waals surface area contributed by atoms with Crippen molar-refractivity contribution < 1.29 is 9.47 Å². The lowest BCUT2D eigenvalue weighted by Gasteiger charge is -2.09. The Bertz CT molecular complexity index is 513. The van der Waals surface area contributed by atoms with Gasteiger partial charge in [-0.15, -0.1) is 10.2 Å². The van der Waals surface area contributed by atoms with Gasteiger partial charge in [0.1, 0.15) is 5.01 Å². The smallest absolute Gasteiger partial charge is 0.203 e. The van der Waals surface area contributed by atoms with Gasteiger partial charge in [-0.1, -0.05) is 11.3 Å². The lowest BCUT2D eigenvalue weighted by atomic mass is 10.2. The van der Waals surface area contributed by atoms with Gasteiger partial charge in [-0.05, 0) is 25.1 Å². The summed E-state index contributed by atoms with van der Waals surface area (Å²) in [6.07, 6.45) is 0. The number of methoxy groups -OCH3 is 1. The van der Waals surface area contributed by atoms with E-state index in [0.29, 0.717) is 17.5 Å². The third kappa shape index (κ3) is 2.47. The largest absolute Gasteiger partial charge is 0.493 e. The molecule has 0 radical (unpaired) electrons. The van der Waals surface area contributed by atoms with Gasteiger partial charge < -0.3 is 15.2 Å². The molecule has 90 valence electrons. The van der Waals surface area contributed by atoms with Crippen LogP contribution in [0.2, 0.25) is 0 Å². The molecule has 0 unspecified atom stereocenters. The molecule has 0 amide bonds. The Morgan fingerprint density at radius 1 is 1.29 bits per heavy atom. The van der Waals surface area contributed by atoms with E-state index in [9.17, 15) is 0 Å². The summed E-state index contributed by atoms with van der Waals surface area (Å²) in [7, 11) is 1.61. The SMILES string of the molecule is CCOc1ccc(-c2nnc(N)s2)cc1OC. The highest BCUT2D eigenvalue weighted by Crippen LogP contribution is 2.33. The van der Waals surface area contributed by atoms with E-state index >= 15 is 0 Å². The zero-order valence-corrected chi connectivity index (χ0v) is 10.5. The molecule has 17 heavy (non-hydrogen) atoms. The number of anilines is 1. The first kappa shape index (κ1) is 11.7. The zero-order chi connectivity index (χ0) is 12.3. The predicted octanol–water partition coefficient (Wildman–Crippen LogP) is 2.19. The van der Waals surface area contributed by atoms with Gasteiger partial charge in [0.25, 0.3) is 0 Å². The molecule has 0 atom stereocenters. The van der Waals surface area contributed by atoms with Crippen molar-refractivity contribution in [3.05, 3.63) is 18.2 Å². The number of rotatable bonds is 4. The molecule has 0 spiro atoms. The molecule has 5 nitrogen and oxygen atoms in total. The Hall–Kier alpha value is -1.82. The number of benzene rings is 1. The van der Waals surface area contributed by atoms with Crippen LogP contribution in [-0.4, -0.2) is 23.9 Å². The van der Waals surface area contributed by atoms with Crippen LogP contribution >= 0.6 is 11.3 Å². The molecule has 1 heterocycles. The fourth-order valence-corrected chi connectivity index (χ4v) is 2.03. The van der Waals surface area contributed by atoms with E-state index in [-0.39, 0.29) is 0 Å². The van der Waals surface area contributed by atoms with Gasteiger partial charge >= 0.3 is 0 Å². The Kier molecular flexibility index (Phi) is 3.43. The van der Waals surface area contributed by atoms with Crippen molar-refractivity contribution in [2.45, 2.75) is 6.92 Å². The van der Waals surface area contributed by atoms with Crippen LogP contribution in [0.5, 0.6) is 11.5 Å². The van der Waals surface area contributed by atoms with Gasteiger partial charge in [0.15, 0.2) is 11.5 Å². The number of hydrogen-bond donors (Lipinski definition) is 1. The molecular formula is C11H13N3O2S. The maximum atomic E-state index is 5.55. The second-order valence-electron chi connectivity index (χ2n) is 3.24. The number of nitrogen functional groups attached to an aromatic ring is 1. The molecular weight excluding hydrogens is 238 g/mol. The van der Waals surface area contributed by atoms with Gasteiger partial charge in [-0.3, -0.25) is 0 Å². The van der Waals surface area contributed by atoms with Crippen LogP contribution in [0.3, 0.4) is 0 Å². The first-order valence-electron chi connectivity index (χ1n) is 5.14. The second kappa shape index (κ2) is 5.01. The van der Waals surface area contributed by atoms with Gasteiger partial charge in [-0.25, -0.2) is 0 Å². The number of nitrogens with zero attached hydrogens (tertiary/aromatic N) is 2.